The van der Waals surface area contributed by atoms with Crippen molar-refractivity contribution in [3.63, 3.8) is 0 Å². The van der Waals surface area contributed by atoms with Crippen LogP contribution < -0.4 is 5.32 Å². The van der Waals surface area contributed by atoms with Gasteiger partial charge in [-0.25, -0.2) is 8.42 Å². The summed E-state index contributed by atoms with van der Waals surface area (Å²) >= 11 is 0. The van der Waals surface area contributed by atoms with Gasteiger partial charge in [0.25, 0.3) is 0 Å². The fourth-order valence-corrected chi connectivity index (χ4v) is 4.65. The highest BCUT2D eigenvalue weighted by molar-refractivity contribution is 7.89. The summed E-state index contributed by atoms with van der Waals surface area (Å²) in [6, 6.07) is 3.39. The monoisotopic (exact) mass is 402 g/mol. The van der Waals surface area contributed by atoms with Gasteiger partial charge in [-0.2, -0.15) is 9.40 Å². The van der Waals surface area contributed by atoms with Crippen molar-refractivity contribution in [2.75, 3.05) is 13.1 Å². The molecule has 0 aliphatic heterocycles. The molecule has 0 spiro atoms. The van der Waals surface area contributed by atoms with Crippen molar-refractivity contribution >= 4 is 32.6 Å². The van der Waals surface area contributed by atoms with Crippen LogP contribution in [0.4, 0.5) is 0 Å². The SMILES string of the molecule is CCN(CC(=O)NC1=CC(=O)C(C)C=C1)S(=O)(=O)c1cc(C)cc2cn[nH]c12. The Morgan fingerprint density at radius 2 is 2.11 bits per heavy atom. The van der Waals surface area contributed by atoms with Gasteiger partial charge >= 0.3 is 0 Å². The largest absolute Gasteiger partial charge is 0.325 e. The first-order chi connectivity index (χ1) is 13.2. The summed E-state index contributed by atoms with van der Waals surface area (Å²) in [5.41, 5.74) is 1.54. The van der Waals surface area contributed by atoms with Gasteiger partial charge in [-0.3, -0.25) is 14.7 Å². The molecule has 9 heteroatoms. The molecule has 0 saturated heterocycles. The normalized spacial score (nSPS) is 17.2. The number of H-pyrrole nitrogens is 1. The Kier molecular flexibility index (Phi) is 5.48. The number of fused-ring (bicyclic) bond motifs is 1. The van der Waals surface area contributed by atoms with E-state index < -0.39 is 15.9 Å². The zero-order valence-electron chi connectivity index (χ0n) is 15.9. The quantitative estimate of drug-likeness (QED) is 0.763. The van der Waals surface area contributed by atoms with E-state index in [9.17, 15) is 18.0 Å². The summed E-state index contributed by atoms with van der Waals surface area (Å²) in [5, 5.41) is 9.91. The van der Waals surface area contributed by atoms with Crippen LogP contribution >= 0.6 is 0 Å². The molecule has 1 atom stereocenters. The molecule has 1 aromatic carbocycles. The standard InChI is InChI=1S/C19H22N4O4S/c1-4-23(11-18(25)21-15-6-5-13(3)16(24)9-15)28(26,27)17-8-12(2)7-14-10-20-22-19(14)17/h5-10,13H,4,11H2,1-3H3,(H,20,22)(H,21,25). The van der Waals surface area contributed by atoms with Gasteiger partial charge in [0.05, 0.1) is 18.3 Å². The number of sulfonamides is 1. The fourth-order valence-electron chi connectivity index (χ4n) is 2.99. The number of amides is 1. The molecule has 1 aliphatic carbocycles. The maximum Gasteiger partial charge on any atom is 0.245 e. The van der Waals surface area contributed by atoms with Crippen LogP contribution in [-0.4, -0.2) is 47.7 Å². The Morgan fingerprint density at radius 1 is 1.36 bits per heavy atom. The molecule has 28 heavy (non-hydrogen) atoms. The molecule has 1 aromatic heterocycles. The number of hydrogen-bond donors (Lipinski definition) is 2. The highest BCUT2D eigenvalue weighted by atomic mass is 32.2. The molecule has 3 rings (SSSR count). The number of rotatable bonds is 6. The van der Waals surface area contributed by atoms with Gasteiger partial charge in [0.15, 0.2) is 5.78 Å². The van der Waals surface area contributed by atoms with Crippen LogP contribution in [0.2, 0.25) is 0 Å². The first-order valence-corrected chi connectivity index (χ1v) is 10.3. The third-order valence-electron chi connectivity index (χ3n) is 4.54. The first-order valence-electron chi connectivity index (χ1n) is 8.90. The molecule has 1 unspecified atom stereocenters. The third kappa shape index (κ3) is 3.90. The van der Waals surface area contributed by atoms with E-state index in [4.69, 9.17) is 0 Å². The summed E-state index contributed by atoms with van der Waals surface area (Å²) in [6.07, 6.45) is 6.24. The topological polar surface area (TPSA) is 112 Å². The molecular weight excluding hydrogens is 380 g/mol. The molecular formula is C19H22N4O4S. The van der Waals surface area contributed by atoms with Crippen LogP contribution in [0.3, 0.4) is 0 Å². The van der Waals surface area contributed by atoms with Crippen molar-refractivity contribution < 1.29 is 18.0 Å². The average Bonchev–Trinajstić information content (AvgIpc) is 3.10. The molecule has 0 fully saturated rings. The number of aromatic amines is 1. The molecule has 148 valence electrons. The van der Waals surface area contributed by atoms with E-state index in [1.165, 1.54) is 6.08 Å². The Balaban J connectivity index is 1.83. The van der Waals surface area contributed by atoms with Gasteiger partial charge in [-0.05, 0) is 30.7 Å². The number of ketones is 1. The van der Waals surface area contributed by atoms with Crippen LogP contribution in [0.15, 0.2) is 47.2 Å². The Hall–Kier alpha value is -2.78. The number of nitrogens with one attached hydrogen (secondary N) is 2. The lowest BCUT2D eigenvalue weighted by Crippen LogP contribution is -2.40. The van der Waals surface area contributed by atoms with Gasteiger partial charge in [0.1, 0.15) is 4.90 Å². The molecule has 0 saturated carbocycles. The molecule has 0 radical (unpaired) electrons. The lowest BCUT2D eigenvalue weighted by atomic mass is 10.0. The van der Waals surface area contributed by atoms with Gasteiger partial charge < -0.3 is 5.32 Å². The molecule has 1 heterocycles. The molecule has 1 aliphatic rings. The van der Waals surface area contributed by atoms with Crippen LogP contribution in [0.25, 0.3) is 10.9 Å². The van der Waals surface area contributed by atoms with Crippen molar-refractivity contribution in [1.82, 2.24) is 19.8 Å². The second kappa shape index (κ2) is 7.69. The lowest BCUT2D eigenvalue weighted by molar-refractivity contribution is -0.120. The first kappa shape index (κ1) is 20.0. The summed E-state index contributed by atoms with van der Waals surface area (Å²) in [5.74, 6) is -0.859. The molecule has 0 bridgehead atoms. The van der Waals surface area contributed by atoms with Gasteiger partial charge in [0.2, 0.25) is 15.9 Å². The number of hydrogen-bond acceptors (Lipinski definition) is 5. The van der Waals surface area contributed by atoms with E-state index in [2.05, 4.69) is 15.5 Å². The van der Waals surface area contributed by atoms with Crippen molar-refractivity contribution in [2.24, 2.45) is 5.92 Å². The van der Waals surface area contributed by atoms with E-state index in [1.54, 1.807) is 45.2 Å². The van der Waals surface area contributed by atoms with Crippen molar-refractivity contribution in [1.29, 1.82) is 0 Å². The van der Waals surface area contributed by atoms with Crippen LogP contribution in [0, 0.1) is 12.8 Å². The zero-order chi connectivity index (χ0) is 20.5. The summed E-state index contributed by atoms with van der Waals surface area (Å²) in [7, 11) is -3.93. The highest BCUT2D eigenvalue weighted by Crippen LogP contribution is 2.25. The van der Waals surface area contributed by atoms with E-state index in [0.717, 1.165) is 9.87 Å². The van der Waals surface area contributed by atoms with E-state index in [-0.39, 0.29) is 29.7 Å². The smallest absolute Gasteiger partial charge is 0.245 e. The van der Waals surface area contributed by atoms with Gasteiger partial charge in [-0.15, -0.1) is 0 Å². The van der Waals surface area contributed by atoms with Crippen molar-refractivity contribution in [2.45, 2.75) is 25.7 Å². The summed E-state index contributed by atoms with van der Waals surface area (Å²) < 4.78 is 27.4. The average molecular weight is 402 g/mol. The molecule has 8 nitrogen and oxygen atoms in total. The van der Waals surface area contributed by atoms with E-state index in [0.29, 0.717) is 16.6 Å². The van der Waals surface area contributed by atoms with E-state index >= 15 is 0 Å². The minimum Gasteiger partial charge on any atom is -0.325 e. The van der Waals surface area contributed by atoms with Crippen LogP contribution in [-0.2, 0) is 19.6 Å². The van der Waals surface area contributed by atoms with E-state index in [1.807, 2.05) is 6.07 Å². The third-order valence-corrected chi connectivity index (χ3v) is 6.49. The summed E-state index contributed by atoms with van der Waals surface area (Å²) in [6.45, 7) is 4.98. The molecule has 2 aromatic rings. The predicted molar refractivity (Wildman–Crippen MR) is 105 cm³/mol. The minimum absolute atomic E-state index is 0.0791. The maximum atomic E-state index is 13.2. The Morgan fingerprint density at radius 3 is 2.79 bits per heavy atom. The molecule has 1 amide bonds. The number of benzene rings is 1. The number of aromatic nitrogens is 2. The maximum absolute atomic E-state index is 13.2. The minimum atomic E-state index is -3.93. The number of aryl methyl sites for hydroxylation is 1. The fraction of sp³-hybridized carbons (Fsp3) is 0.316. The van der Waals surface area contributed by atoms with Gasteiger partial charge in [-0.1, -0.05) is 19.9 Å². The number of allylic oxidation sites excluding steroid dienone is 3. The number of nitrogens with zero attached hydrogens (tertiary/aromatic N) is 2. The Labute approximate surface area is 163 Å². The Bertz CT molecular complexity index is 1100. The second-order valence-corrected chi connectivity index (χ2v) is 8.63. The highest BCUT2D eigenvalue weighted by Gasteiger charge is 2.28. The molecule has 2 N–H and O–H groups in total. The number of carbonyl (C=O) groups is 2. The van der Waals surface area contributed by atoms with Crippen molar-refractivity contribution in [3.8, 4) is 0 Å². The number of carbonyl (C=O) groups excluding carboxylic acids is 2. The van der Waals surface area contributed by atoms with Crippen LogP contribution in [0.5, 0.6) is 0 Å². The predicted octanol–water partition coefficient (Wildman–Crippen LogP) is 1.66. The summed E-state index contributed by atoms with van der Waals surface area (Å²) in [4.78, 5) is 24.2. The lowest BCUT2D eigenvalue weighted by Gasteiger charge is -2.21. The van der Waals surface area contributed by atoms with Crippen LogP contribution in [0.1, 0.15) is 19.4 Å². The van der Waals surface area contributed by atoms with Crippen molar-refractivity contribution in [3.05, 3.63) is 47.8 Å². The zero-order valence-corrected chi connectivity index (χ0v) is 16.7. The number of likely N-dealkylation sites (N-methyl/N-ethyl adjacent to an activating group) is 1. The second-order valence-electron chi connectivity index (χ2n) is 6.73. The van der Waals surface area contributed by atoms with Gasteiger partial charge in [0, 0.05) is 29.6 Å².